The number of benzene rings is 2. The topological polar surface area (TPSA) is 17.1 Å². The molecule has 0 heterocycles. The van der Waals surface area contributed by atoms with Crippen LogP contribution in [0.3, 0.4) is 0 Å². The highest BCUT2D eigenvalue weighted by Crippen LogP contribution is 2.19. The highest BCUT2D eigenvalue weighted by molar-refractivity contribution is 6.24. The van der Waals surface area contributed by atoms with Gasteiger partial charge in [-0.1, -0.05) is 60.2 Å². The highest BCUT2D eigenvalue weighted by Gasteiger charge is 2.06. The van der Waals surface area contributed by atoms with E-state index < -0.39 is 0 Å². The van der Waals surface area contributed by atoms with E-state index in [4.69, 9.17) is 0 Å². The van der Waals surface area contributed by atoms with Gasteiger partial charge >= 0.3 is 0 Å². The fourth-order valence-electron chi connectivity index (χ4n) is 1.93. The molecule has 0 aliphatic heterocycles. The number of rotatable bonds is 3. The number of aryl methyl sites for hydroxylation is 1. The predicted molar refractivity (Wildman–Crippen MR) is 76.2 cm³/mol. The molecule has 0 atom stereocenters. The van der Waals surface area contributed by atoms with Crippen molar-refractivity contribution in [2.45, 2.75) is 13.8 Å². The third-order valence-electron chi connectivity index (χ3n) is 2.82. The van der Waals surface area contributed by atoms with Crippen molar-refractivity contribution in [2.24, 2.45) is 0 Å². The van der Waals surface area contributed by atoms with Crippen molar-refractivity contribution in [3.05, 3.63) is 71.3 Å². The molecule has 0 aliphatic rings. The molecule has 0 saturated carbocycles. The average Bonchev–Trinajstić information content (AvgIpc) is 2.37. The van der Waals surface area contributed by atoms with Gasteiger partial charge in [0.2, 0.25) is 0 Å². The molecule has 0 bridgehead atoms. The van der Waals surface area contributed by atoms with Gasteiger partial charge in [-0.25, -0.2) is 0 Å². The first-order valence-electron chi connectivity index (χ1n) is 6.01. The van der Waals surface area contributed by atoms with Crippen LogP contribution >= 0.6 is 0 Å². The molecule has 0 spiro atoms. The van der Waals surface area contributed by atoms with E-state index >= 15 is 0 Å². The summed E-state index contributed by atoms with van der Waals surface area (Å²) in [6, 6.07) is 17.9. The van der Waals surface area contributed by atoms with Crippen LogP contribution in [0.25, 0.3) is 11.6 Å². The van der Waals surface area contributed by atoms with Gasteiger partial charge in [0, 0.05) is 5.57 Å². The lowest BCUT2D eigenvalue weighted by Gasteiger charge is -2.04. The Morgan fingerprint density at radius 2 is 1.72 bits per heavy atom. The molecule has 0 aliphatic carbocycles. The van der Waals surface area contributed by atoms with E-state index in [2.05, 4.69) is 6.07 Å². The molecule has 1 nitrogen and oxygen atoms in total. The Balaban J connectivity index is 2.46. The van der Waals surface area contributed by atoms with Crippen LogP contribution in [0.4, 0.5) is 0 Å². The first kappa shape index (κ1) is 12.3. The third kappa shape index (κ3) is 2.95. The molecule has 0 N–H and O–H groups in total. The Morgan fingerprint density at radius 3 is 2.33 bits per heavy atom. The number of allylic oxidation sites excluding steroid dienone is 1. The van der Waals surface area contributed by atoms with Crippen molar-refractivity contribution >= 4 is 17.4 Å². The summed E-state index contributed by atoms with van der Waals surface area (Å²) in [6.45, 7) is 3.65. The summed E-state index contributed by atoms with van der Waals surface area (Å²) in [5.74, 6) is 0.0858. The van der Waals surface area contributed by atoms with E-state index in [-0.39, 0.29) is 5.78 Å². The summed E-state index contributed by atoms with van der Waals surface area (Å²) < 4.78 is 0. The Labute approximate surface area is 108 Å². The summed E-state index contributed by atoms with van der Waals surface area (Å²) >= 11 is 0. The van der Waals surface area contributed by atoms with E-state index in [1.807, 2.05) is 61.5 Å². The van der Waals surface area contributed by atoms with Gasteiger partial charge in [0.1, 0.15) is 0 Å². The van der Waals surface area contributed by atoms with Crippen molar-refractivity contribution < 1.29 is 4.79 Å². The molecule has 18 heavy (non-hydrogen) atoms. The summed E-state index contributed by atoms with van der Waals surface area (Å²) in [4.78, 5) is 11.8. The Hall–Kier alpha value is -2.15. The van der Waals surface area contributed by atoms with E-state index in [0.717, 1.165) is 16.7 Å². The first-order chi connectivity index (χ1) is 8.66. The highest BCUT2D eigenvalue weighted by atomic mass is 16.1. The standard InChI is InChI=1S/C17H16O/c1-13-7-6-8-15(11-13)12-17(14(2)18)16-9-4-3-5-10-16/h3-12H,1-2H3/b17-12-. The lowest BCUT2D eigenvalue weighted by molar-refractivity contribution is -0.111. The molecule has 1 heteroatoms. The Kier molecular flexibility index (Phi) is 3.73. The fraction of sp³-hybridized carbons (Fsp3) is 0.118. The predicted octanol–water partition coefficient (Wildman–Crippen LogP) is 4.12. The number of hydrogen-bond acceptors (Lipinski definition) is 1. The molecule has 2 aromatic rings. The number of ketones is 1. The molecular weight excluding hydrogens is 220 g/mol. The van der Waals surface area contributed by atoms with Gasteiger partial charge in [0.15, 0.2) is 5.78 Å². The minimum absolute atomic E-state index is 0.0858. The average molecular weight is 236 g/mol. The summed E-state index contributed by atoms with van der Waals surface area (Å²) in [7, 11) is 0. The molecule has 0 radical (unpaired) electrons. The van der Waals surface area contributed by atoms with Crippen molar-refractivity contribution in [1.29, 1.82) is 0 Å². The molecule has 0 unspecified atom stereocenters. The SMILES string of the molecule is CC(=O)/C(=C/c1cccc(C)c1)c1ccccc1. The van der Waals surface area contributed by atoms with Gasteiger partial charge in [-0.2, -0.15) is 0 Å². The third-order valence-corrected chi connectivity index (χ3v) is 2.82. The zero-order chi connectivity index (χ0) is 13.0. The summed E-state index contributed by atoms with van der Waals surface area (Å²) in [5, 5.41) is 0. The molecule has 2 aromatic carbocycles. The molecule has 2 rings (SSSR count). The van der Waals surface area contributed by atoms with Gasteiger partial charge in [-0.05, 0) is 31.1 Å². The van der Waals surface area contributed by atoms with Crippen LogP contribution in [0.2, 0.25) is 0 Å². The van der Waals surface area contributed by atoms with Gasteiger partial charge in [0.05, 0.1) is 0 Å². The van der Waals surface area contributed by atoms with Crippen LogP contribution in [0.15, 0.2) is 54.6 Å². The van der Waals surface area contributed by atoms with E-state index in [9.17, 15) is 4.79 Å². The van der Waals surface area contributed by atoms with Crippen LogP contribution in [-0.4, -0.2) is 5.78 Å². The normalized spacial score (nSPS) is 11.3. The van der Waals surface area contributed by atoms with Crippen molar-refractivity contribution in [3.63, 3.8) is 0 Å². The second-order valence-corrected chi connectivity index (χ2v) is 4.39. The maximum atomic E-state index is 11.8. The second kappa shape index (κ2) is 5.46. The number of carbonyl (C=O) groups is 1. The van der Waals surface area contributed by atoms with Crippen LogP contribution in [0, 0.1) is 6.92 Å². The Bertz CT molecular complexity index is 580. The second-order valence-electron chi connectivity index (χ2n) is 4.39. The lowest BCUT2D eigenvalue weighted by atomic mass is 9.99. The Morgan fingerprint density at radius 1 is 1.00 bits per heavy atom. The molecule has 90 valence electrons. The van der Waals surface area contributed by atoms with Gasteiger partial charge in [-0.3, -0.25) is 4.79 Å². The smallest absolute Gasteiger partial charge is 0.160 e. The van der Waals surface area contributed by atoms with E-state index in [1.165, 1.54) is 5.56 Å². The summed E-state index contributed by atoms with van der Waals surface area (Å²) in [5.41, 5.74) is 3.97. The van der Waals surface area contributed by atoms with Gasteiger partial charge in [0.25, 0.3) is 0 Å². The minimum Gasteiger partial charge on any atom is -0.294 e. The number of hydrogen-bond donors (Lipinski definition) is 0. The quantitative estimate of drug-likeness (QED) is 0.578. The first-order valence-corrected chi connectivity index (χ1v) is 6.01. The number of Topliss-reactive ketones (excluding diaryl/α,β-unsaturated/α-hetero) is 1. The van der Waals surface area contributed by atoms with Crippen LogP contribution in [-0.2, 0) is 4.79 Å². The van der Waals surface area contributed by atoms with Crippen LogP contribution < -0.4 is 0 Å². The molecule has 0 fully saturated rings. The molecule has 0 aromatic heterocycles. The molecule has 0 amide bonds. The fourth-order valence-corrected chi connectivity index (χ4v) is 1.93. The maximum Gasteiger partial charge on any atom is 0.160 e. The van der Waals surface area contributed by atoms with Crippen molar-refractivity contribution in [3.8, 4) is 0 Å². The van der Waals surface area contributed by atoms with Crippen molar-refractivity contribution in [1.82, 2.24) is 0 Å². The van der Waals surface area contributed by atoms with Gasteiger partial charge in [-0.15, -0.1) is 0 Å². The molecular formula is C17H16O. The van der Waals surface area contributed by atoms with E-state index in [1.54, 1.807) is 6.92 Å². The van der Waals surface area contributed by atoms with E-state index in [0.29, 0.717) is 0 Å². The van der Waals surface area contributed by atoms with Gasteiger partial charge < -0.3 is 0 Å². The zero-order valence-corrected chi connectivity index (χ0v) is 10.7. The maximum absolute atomic E-state index is 11.8. The van der Waals surface area contributed by atoms with Crippen molar-refractivity contribution in [2.75, 3.05) is 0 Å². The zero-order valence-electron chi connectivity index (χ0n) is 10.7. The monoisotopic (exact) mass is 236 g/mol. The number of carbonyl (C=O) groups excluding carboxylic acids is 1. The largest absolute Gasteiger partial charge is 0.294 e. The summed E-state index contributed by atoms with van der Waals surface area (Å²) in [6.07, 6.45) is 1.95. The van der Waals surface area contributed by atoms with Crippen LogP contribution in [0.1, 0.15) is 23.6 Å². The van der Waals surface area contributed by atoms with Crippen LogP contribution in [0.5, 0.6) is 0 Å². The minimum atomic E-state index is 0.0858. The molecule has 0 saturated heterocycles. The lowest BCUT2D eigenvalue weighted by Crippen LogP contribution is -1.95.